The van der Waals surface area contributed by atoms with Gasteiger partial charge in [0.2, 0.25) is 0 Å². The van der Waals surface area contributed by atoms with Crippen LogP contribution >= 0.6 is 0 Å². The van der Waals surface area contributed by atoms with Gasteiger partial charge in [0.15, 0.2) is 5.76 Å². The zero-order valence-electron chi connectivity index (χ0n) is 18.5. The Bertz CT molecular complexity index is 1170. The van der Waals surface area contributed by atoms with Crippen molar-refractivity contribution < 1.29 is 24.2 Å². The van der Waals surface area contributed by atoms with Crippen molar-refractivity contribution in [3.05, 3.63) is 107 Å². The van der Waals surface area contributed by atoms with E-state index in [2.05, 4.69) is 0 Å². The Morgan fingerprint density at radius 1 is 0.970 bits per heavy atom. The van der Waals surface area contributed by atoms with Gasteiger partial charge in [-0.1, -0.05) is 42.5 Å². The van der Waals surface area contributed by atoms with Crippen LogP contribution in [0.5, 0.6) is 5.75 Å². The highest BCUT2D eigenvalue weighted by molar-refractivity contribution is 6.09. The normalized spacial score (nSPS) is 15.6. The summed E-state index contributed by atoms with van der Waals surface area (Å²) in [6.07, 6.45) is 0.423. The van der Waals surface area contributed by atoms with E-state index in [9.17, 15) is 14.7 Å². The van der Waals surface area contributed by atoms with Crippen LogP contribution in [0.2, 0.25) is 0 Å². The fourth-order valence-corrected chi connectivity index (χ4v) is 4.03. The lowest BCUT2D eigenvalue weighted by Gasteiger charge is -2.27. The van der Waals surface area contributed by atoms with E-state index in [0.717, 1.165) is 11.1 Å². The third-order valence-electron chi connectivity index (χ3n) is 5.64. The standard InChI is InChI=1S/C27H25NO5/c1-3-33-27(31)20-9-13-21(14-10-20)28-24(19-11-15-22(32-2)16-12-19)23(25(29)26(28)30)17-18-7-5-4-6-8-18/h4-16,24,29H,3,17H2,1-2H3. The quantitative estimate of drug-likeness (QED) is 0.519. The number of rotatable bonds is 7. The fraction of sp³-hybridized carbons (Fsp3) is 0.185. The molecule has 6 nitrogen and oxygen atoms in total. The molecule has 0 saturated heterocycles. The molecule has 1 unspecified atom stereocenters. The lowest BCUT2D eigenvalue weighted by atomic mass is 9.93. The van der Waals surface area contributed by atoms with Gasteiger partial charge >= 0.3 is 5.97 Å². The summed E-state index contributed by atoms with van der Waals surface area (Å²) in [5.41, 5.74) is 3.42. The van der Waals surface area contributed by atoms with E-state index in [0.29, 0.717) is 29.0 Å². The van der Waals surface area contributed by atoms with Crippen LogP contribution in [0.4, 0.5) is 5.69 Å². The number of esters is 1. The minimum Gasteiger partial charge on any atom is -0.503 e. The van der Waals surface area contributed by atoms with Gasteiger partial charge in [-0.15, -0.1) is 0 Å². The van der Waals surface area contributed by atoms with Crippen LogP contribution in [0.25, 0.3) is 0 Å². The predicted molar refractivity (Wildman–Crippen MR) is 125 cm³/mol. The van der Waals surface area contributed by atoms with Crippen molar-refractivity contribution in [1.82, 2.24) is 0 Å². The number of amides is 1. The molecule has 0 saturated carbocycles. The van der Waals surface area contributed by atoms with Gasteiger partial charge in [-0.2, -0.15) is 0 Å². The average molecular weight is 443 g/mol. The van der Waals surface area contributed by atoms with E-state index >= 15 is 0 Å². The van der Waals surface area contributed by atoms with Crippen LogP contribution in [-0.2, 0) is 16.0 Å². The number of hydrogen-bond acceptors (Lipinski definition) is 5. The van der Waals surface area contributed by atoms with E-state index in [1.165, 1.54) is 0 Å². The largest absolute Gasteiger partial charge is 0.503 e. The lowest BCUT2D eigenvalue weighted by molar-refractivity contribution is -0.117. The highest BCUT2D eigenvalue weighted by Crippen LogP contribution is 2.42. The number of hydrogen-bond donors (Lipinski definition) is 1. The number of carbonyl (C=O) groups is 2. The third kappa shape index (κ3) is 4.46. The van der Waals surface area contributed by atoms with E-state index < -0.39 is 17.9 Å². The lowest BCUT2D eigenvalue weighted by Crippen LogP contribution is -2.30. The number of carbonyl (C=O) groups excluding carboxylic acids is 2. The number of aliphatic hydroxyl groups is 1. The summed E-state index contributed by atoms with van der Waals surface area (Å²) in [6, 6.07) is 23.3. The smallest absolute Gasteiger partial charge is 0.338 e. The summed E-state index contributed by atoms with van der Waals surface area (Å²) in [5.74, 6) is -0.458. The maximum Gasteiger partial charge on any atom is 0.338 e. The van der Waals surface area contributed by atoms with Gasteiger partial charge in [0.1, 0.15) is 5.75 Å². The molecule has 1 aliphatic heterocycles. The molecule has 3 aromatic rings. The molecule has 1 amide bonds. The van der Waals surface area contributed by atoms with Gasteiger partial charge in [-0.05, 0) is 60.9 Å². The Balaban J connectivity index is 1.75. The van der Waals surface area contributed by atoms with E-state index in [1.807, 2.05) is 54.6 Å². The van der Waals surface area contributed by atoms with Crippen LogP contribution in [0.15, 0.2) is 90.2 Å². The van der Waals surface area contributed by atoms with Gasteiger partial charge < -0.3 is 14.6 Å². The number of nitrogens with zero attached hydrogens (tertiary/aromatic N) is 1. The van der Waals surface area contributed by atoms with Crippen LogP contribution in [0.3, 0.4) is 0 Å². The van der Waals surface area contributed by atoms with Crippen LogP contribution in [0, 0.1) is 0 Å². The molecular formula is C27H25NO5. The molecular weight excluding hydrogens is 418 g/mol. The van der Waals surface area contributed by atoms with Crippen molar-refractivity contribution in [2.24, 2.45) is 0 Å². The monoisotopic (exact) mass is 443 g/mol. The van der Waals surface area contributed by atoms with Crippen molar-refractivity contribution in [3.8, 4) is 5.75 Å². The Hall–Kier alpha value is -4.06. The zero-order chi connectivity index (χ0) is 23.4. The minimum absolute atomic E-state index is 0.255. The molecule has 1 atom stereocenters. The molecule has 4 rings (SSSR count). The summed E-state index contributed by atoms with van der Waals surface area (Å²) < 4.78 is 10.3. The second-order valence-electron chi connectivity index (χ2n) is 7.65. The van der Waals surface area contributed by atoms with Gasteiger partial charge in [0.25, 0.3) is 5.91 Å². The average Bonchev–Trinajstić information content (AvgIpc) is 3.10. The molecule has 1 aliphatic rings. The topological polar surface area (TPSA) is 76.1 Å². The Morgan fingerprint density at radius 3 is 2.24 bits per heavy atom. The number of methoxy groups -OCH3 is 1. The Labute approximate surface area is 192 Å². The number of benzene rings is 3. The molecule has 0 radical (unpaired) electrons. The zero-order valence-corrected chi connectivity index (χ0v) is 18.5. The van der Waals surface area contributed by atoms with Crippen LogP contribution < -0.4 is 9.64 Å². The second kappa shape index (κ2) is 9.61. The molecule has 3 aromatic carbocycles. The highest BCUT2D eigenvalue weighted by Gasteiger charge is 2.41. The third-order valence-corrected chi connectivity index (χ3v) is 5.64. The van der Waals surface area contributed by atoms with Crippen molar-refractivity contribution >= 4 is 17.6 Å². The molecule has 33 heavy (non-hydrogen) atoms. The van der Waals surface area contributed by atoms with Crippen LogP contribution in [0.1, 0.15) is 34.5 Å². The van der Waals surface area contributed by atoms with Gasteiger partial charge in [0.05, 0.1) is 25.3 Å². The highest BCUT2D eigenvalue weighted by atomic mass is 16.5. The molecule has 0 spiro atoms. The maximum atomic E-state index is 13.2. The molecule has 6 heteroatoms. The molecule has 1 N–H and O–H groups in total. The van der Waals surface area contributed by atoms with Crippen molar-refractivity contribution in [1.29, 1.82) is 0 Å². The Kier molecular flexibility index (Phi) is 6.45. The number of ether oxygens (including phenoxy) is 2. The SMILES string of the molecule is CCOC(=O)c1ccc(N2C(=O)C(O)=C(Cc3ccccc3)C2c2ccc(OC)cc2)cc1. The first-order valence-corrected chi connectivity index (χ1v) is 10.7. The van der Waals surface area contributed by atoms with Gasteiger partial charge in [0, 0.05) is 11.3 Å². The van der Waals surface area contributed by atoms with Crippen molar-refractivity contribution in [2.75, 3.05) is 18.6 Å². The van der Waals surface area contributed by atoms with Gasteiger partial charge in [-0.3, -0.25) is 9.69 Å². The summed E-state index contributed by atoms with van der Waals surface area (Å²) in [5, 5.41) is 10.9. The van der Waals surface area contributed by atoms with E-state index in [-0.39, 0.29) is 12.4 Å². The molecule has 0 aliphatic carbocycles. The molecule has 168 valence electrons. The number of anilines is 1. The summed E-state index contributed by atoms with van der Waals surface area (Å²) in [7, 11) is 1.60. The number of aliphatic hydroxyl groups excluding tert-OH is 1. The van der Waals surface area contributed by atoms with Crippen molar-refractivity contribution in [2.45, 2.75) is 19.4 Å². The molecule has 0 bridgehead atoms. The van der Waals surface area contributed by atoms with Crippen molar-refractivity contribution in [3.63, 3.8) is 0 Å². The maximum absolute atomic E-state index is 13.2. The van der Waals surface area contributed by atoms with Crippen LogP contribution in [-0.4, -0.2) is 30.7 Å². The molecule has 1 heterocycles. The van der Waals surface area contributed by atoms with E-state index in [1.54, 1.807) is 43.2 Å². The minimum atomic E-state index is -0.503. The Morgan fingerprint density at radius 2 is 1.64 bits per heavy atom. The summed E-state index contributed by atoms with van der Waals surface area (Å²) >= 11 is 0. The first-order valence-electron chi connectivity index (χ1n) is 10.7. The van der Waals surface area contributed by atoms with Gasteiger partial charge in [-0.25, -0.2) is 4.79 Å². The summed E-state index contributed by atoms with van der Waals surface area (Å²) in [4.78, 5) is 26.8. The molecule has 0 fully saturated rings. The first kappa shape index (κ1) is 22.1. The van der Waals surface area contributed by atoms with E-state index in [4.69, 9.17) is 9.47 Å². The predicted octanol–water partition coefficient (Wildman–Crippen LogP) is 5.01. The first-order chi connectivity index (χ1) is 16.0. The molecule has 0 aromatic heterocycles. The second-order valence-corrected chi connectivity index (χ2v) is 7.65. The fourth-order valence-electron chi connectivity index (χ4n) is 4.03. The summed E-state index contributed by atoms with van der Waals surface area (Å²) in [6.45, 7) is 2.03.